The van der Waals surface area contributed by atoms with Gasteiger partial charge in [-0.3, -0.25) is 4.79 Å². The molecule has 0 amide bonds. The Morgan fingerprint density at radius 1 is 1.32 bits per heavy atom. The molecule has 104 valence electrons. The van der Waals surface area contributed by atoms with Crippen LogP contribution in [0, 0.1) is 17.7 Å². The van der Waals surface area contributed by atoms with Crippen LogP contribution in [-0.2, 0) is 0 Å². The number of halogens is 1. The molecule has 1 aromatic carbocycles. The Hall–Kier alpha value is -1.38. The first kappa shape index (κ1) is 14.0. The van der Waals surface area contributed by atoms with E-state index in [9.17, 15) is 9.18 Å². The maximum absolute atomic E-state index is 14.1. The van der Waals surface area contributed by atoms with Crippen LogP contribution in [0.3, 0.4) is 0 Å². The molecule has 1 fully saturated rings. The first-order valence-electron chi connectivity index (χ1n) is 7.04. The second kappa shape index (κ2) is 5.72. The molecule has 1 aliphatic heterocycles. The lowest BCUT2D eigenvalue weighted by atomic mass is 9.86. The van der Waals surface area contributed by atoms with Crippen LogP contribution in [0.25, 0.3) is 0 Å². The molecule has 19 heavy (non-hydrogen) atoms. The smallest absolute Gasteiger partial charge is 0.159 e. The molecule has 1 aromatic rings. The Kier molecular flexibility index (Phi) is 4.23. The van der Waals surface area contributed by atoms with Gasteiger partial charge in [-0.2, -0.15) is 0 Å². The van der Waals surface area contributed by atoms with Crippen molar-refractivity contribution in [1.82, 2.24) is 0 Å². The number of rotatable bonds is 3. The molecule has 0 bridgehead atoms. The summed E-state index contributed by atoms with van der Waals surface area (Å²) in [5.74, 6) is 1.07. The van der Waals surface area contributed by atoms with Gasteiger partial charge in [0.15, 0.2) is 5.78 Å². The van der Waals surface area contributed by atoms with E-state index in [2.05, 4.69) is 18.7 Å². The van der Waals surface area contributed by atoms with Gasteiger partial charge in [-0.25, -0.2) is 4.39 Å². The highest BCUT2D eigenvalue weighted by atomic mass is 19.1. The standard InChI is InChI=1S/C16H22FNO/c1-11(2)13-6-8-18(9-7-13)16-5-4-14(12(3)19)10-15(16)17/h4-5,10-11,13H,6-9H2,1-3H3. The Balaban J connectivity index is 2.09. The Labute approximate surface area is 114 Å². The number of benzene rings is 1. The third kappa shape index (κ3) is 3.14. The van der Waals surface area contributed by atoms with Gasteiger partial charge >= 0.3 is 0 Å². The summed E-state index contributed by atoms with van der Waals surface area (Å²) in [6.45, 7) is 7.77. The fraction of sp³-hybridized carbons (Fsp3) is 0.562. The molecule has 0 unspecified atom stereocenters. The second-order valence-corrected chi connectivity index (χ2v) is 5.79. The molecule has 0 aliphatic carbocycles. The molecule has 0 spiro atoms. The molecule has 3 heteroatoms. The van der Waals surface area contributed by atoms with E-state index in [1.807, 2.05) is 0 Å². The van der Waals surface area contributed by atoms with Crippen LogP contribution in [0.4, 0.5) is 10.1 Å². The molecule has 0 N–H and O–H groups in total. The molecule has 1 saturated heterocycles. The Morgan fingerprint density at radius 2 is 1.95 bits per heavy atom. The third-order valence-electron chi connectivity index (χ3n) is 4.18. The number of anilines is 1. The molecule has 0 radical (unpaired) electrons. The highest BCUT2D eigenvalue weighted by Gasteiger charge is 2.23. The van der Waals surface area contributed by atoms with E-state index in [1.54, 1.807) is 12.1 Å². The number of hydrogen-bond donors (Lipinski definition) is 0. The van der Waals surface area contributed by atoms with E-state index in [0.29, 0.717) is 17.2 Å². The predicted octanol–water partition coefficient (Wildman–Crippen LogP) is 3.90. The molecular weight excluding hydrogens is 241 g/mol. The van der Waals surface area contributed by atoms with Gasteiger partial charge in [-0.15, -0.1) is 0 Å². The van der Waals surface area contributed by atoms with Crippen molar-refractivity contribution in [3.05, 3.63) is 29.6 Å². The molecule has 0 saturated carbocycles. The molecule has 0 aromatic heterocycles. The highest BCUT2D eigenvalue weighted by Crippen LogP contribution is 2.29. The van der Waals surface area contributed by atoms with Crippen molar-refractivity contribution < 1.29 is 9.18 Å². The summed E-state index contributed by atoms with van der Waals surface area (Å²) in [5.41, 5.74) is 1.07. The molecule has 2 nitrogen and oxygen atoms in total. The number of Topliss-reactive ketones (excluding diaryl/α,β-unsaturated/α-hetero) is 1. The number of piperidine rings is 1. The van der Waals surface area contributed by atoms with E-state index >= 15 is 0 Å². The van der Waals surface area contributed by atoms with Gasteiger partial charge in [0.2, 0.25) is 0 Å². The maximum atomic E-state index is 14.1. The quantitative estimate of drug-likeness (QED) is 0.771. The van der Waals surface area contributed by atoms with E-state index in [0.717, 1.165) is 31.8 Å². The second-order valence-electron chi connectivity index (χ2n) is 5.79. The van der Waals surface area contributed by atoms with Gasteiger partial charge in [0, 0.05) is 18.7 Å². The lowest BCUT2D eigenvalue weighted by Crippen LogP contribution is -2.35. The SMILES string of the molecule is CC(=O)c1ccc(N2CCC(C(C)C)CC2)c(F)c1. The molecule has 0 atom stereocenters. The summed E-state index contributed by atoms with van der Waals surface area (Å²) >= 11 is 0. The normalized spacial score (nSPS) is 17.0. The lowest BCUT2D eigenvalue weighted by molar-refractivity contribution is 0.101. The molecule has 1 heterocycles. The number of hydrogen-bond acceptors (Lipinski definition) is 2. The van der Waals surface area contributed by atoms with Crippen LogP contribution in [0.2, 0.25) is 0 Å². The zero-order chi connectivity index (χ0) is 14.0. The molecule has 1 aliphatic rings. The number of carbonyl (C=O) groups excluding carboxylic acids is 1. The van der Waals surface area contributed by atoms with E-state index in [1.165, 1.54) is 13.0 Å². The summed E-state index contributed by atoms with van der Waals surface area (Å²) in [5, 5.41) is 0. The monoisotopic (exact) mass is 263 g/mol. The average Bonchev–Trinajstić information content (AvgIpc) is 2.38. The van der Waals surface area contributed by atoms with Crippen molar-refractivity contribution in [3.8, 4) is 0 Å². The van der Waals surface area contributed by atoms with Crippen molar-refractivity contribution in [2.45, 2.75) is 33.6 Å². The van der Waals surface area contributed by atoms with Crippen molar-refractivity contribution in [1.29, 1.82) is 0 Å². The van der Waals surface area contributed by atoms with E-state index in [-0.39, 0.29) is 11.6 Å². The summed E-state index contributed by atoms with van der Waals surface area (Å²) in [6.07, 6.45) is 2.23. The van der Waals surface area contributed by atoms with Gasteiger partial charge in [-0.05, 0) is 49.8 Å². The van der Waals surface area contributed by atoms with Gasteiger partial charge in [-0.1, -0.05) is 13.8 Å². The lowest BCUT2D eigenvalue weighted by Gasteiger charge is -2.35. The maximum Gasteiger partial charge on any atom is 0.159 e. The fourth-order valence-corrected chi connectivity index (χ4v) is 2.79. The van der Waals surface area contributed by atoms with E-state index in [4.69, 9.17) is 0 Å². The average molecular weight is 263 g/mol. The van der Waals surface area contributed by atoms with Crippen molar-refractivity contribution in [2.75, 3.05) is 18.0 Å². The van der Waals surface area contributed by atoms with Gasteiger partial charge in [0.05, 0.1) is 5.69 Å². The molecular formula is C16H22FNO. The third-order valence-corrected chi connectivity index (χ3v) is 4.18. The van der Waals surface area contributed by atoms with Crippen LogP contribution in [0.15, 0.2) is 18.2 Å². The van der Waals surface area contributed by atoms with Crippen LogP contribution in [0.5, 0.6) is 0 Å². The Bertz CT molecular complexity index is 462. The summed E-state index contributed by atoms with van der Waals surface area (Å²) < 4.78 is 14.1. The van der Waals surface area contributed by atoms with Gasteiger partial charge in [0.1, 0.15) is 5.82 Å². The first-order chi connectivity index (χ1) is 8.99. The zero-order valence-corrected chi connectivity index (χ0v) is 11.9. The minimum absolute atomic E-state index is 0.0936. The topological polar surface area (TPSA) is 20.3 Å². The largest absolute Gasteiger partial charge is 0.369 e. The summed E-state index contributed by atoms with van der Waals surface area (Å²) in [4.78, 5) is 13.3. The first-order valence-corrected chi connectivity index (χ1v) is 7.04. The van der Waals surface area contributed by atoms with Gasteiger partial charge < -0.3 is 4.90 Å². The molecule has 2 rings (SSSR count). The van der Waals surface area contributed by atoms with E-state index < -0.39 is 0 Å². The highest BCUT2D eigenvalue weighted by molar-refractivity contribution is 5.94. The summed E-state index contributed by atoms with van der Waals surface area (Å²) in [6, 6.07) is 4.81. The number of nitrogens with zero attached hydrogens (tertiary/aromatic N) is 1. The van der Waals surface area contributed by atoms with Crippen molar-refractivity contribution >= 4 is 11.5 Å². The van der Waals surface area contributed by atoms with Crippen LogP contribution in [0.1, 0.15) is 44.0 Å². The van der Waals surface area contributed by atoms with Crippen molar-refractivity contribution in [3.63, 3.8) is 0 Å². The summed E-state index contributed by atoms with van der Waals surface area (Å²) in [7, 11) is 0. The van der Waals surface area contributed by atoms with Crippen LogP contribution in [-0.4, -0.2) is 18.9 Å². The fourth-order valence-electron chi connectivity index (χ4n) is 2.79. The predicted molar refractivity (Wildman–Crippen MR) is 76.2 cm³/mol. The van der Waals surface area contributed by atoms with Crippen molar-refractivity contribution in [2.24, 2.45) is 11.8 Å². The number of carbonyl (C=O) groups is 1. The Morgan fingerprint density at radius 3 is 2.42 bits per heavy atom. The van der Waals surface area contributed by atoms with Crippen LogP contribution < -0.4 is 4.90 Å². The van der Waals surface area contributed by atoms with Crippen LogP contribution >= 0.6 is 0 Å². The minimum Gasteiger partial charge on any atom is -0.369 e. The zero-order valence-electron chi connectivity index (χ0n) is 11.9. The number of ketones is 1. The minimum atomic E-state index is -0.282. The van der Waals surface area contributed by atoms with Gasteiger partial charge in [0.25, 0.3) is 0 Å².